The Morgan fingerprint density at radius 1 is 1.54 bits per heavy atom. The van der Waals surface area contributed by atoms with Crippen molar-refractivity contribution in [3.63, 3.8) is 0 Å². The fourth-order valence-electron chi connectivity index (χ4n) is 3.14. The van der Waals surface area contributed by atoms with Crippen LogP contribution in [0.5, 0.6) is 0 Å². The third kappa shape index (κ3) is 4.84. The number of morpholine rings is 1. The molecule has 0 aliphatic carbocycles. The molecule has 3 rings (SSSR count). The van der Waals surface area contributed by atoms with Gasteiger partial charge in [0, 0.05) is 55.4 Å². The summed E-state index contributed by atoms with van der Waals surface area (Å²) < 4.78 is 5.40. The number of alkyl halides is 1. The molecule has 2 atom stereocenters. The van der Waals surface area contributed by atoms with Crippen molar-refractivity contribution in [1.29, 1.82) is 5.41 Å². The van der Waals surface area contributed by atoms with Crippen LogP contribution in [0.1, 0.15) is 24.6 Å². The molecule has 2 aliphatic rings. The van der Waals surface area contributed by atoms with Gasteiger partial charge in [0.15, 0.2) is 0 Å². The first-order valence-corrected chi connectivity index (χ1v) is 9.46. The van der Waals surface area contributed by atoms with E-state index in [1.807, 2.05) is 24.4 Å². The molecule has 1 aromatic rings. The minimum absolute atomic E-state index is 0.230. The number of anilines is 1. The Labute approximate surface area is 159 Å². The molecule has 2 aliphatic heterocycles. The normalized spacial score (nSPS) is 21.6. The van der Waals surface area contributed by atoms with Crippen LogP contribution >= 0.6 is 11.6 Å². The number of pyridine rings is 1. The number of hydrogen-bond acceptors (Lipinski definition) is 6. The Morgan fingerprint density at radius 3 is 3.12 bits per heavy atom. The van der Waals surface area contributed by atoms with Gasteiger partial charge in [-0.1, -0.05) is 11.6 Å². The van der Waals surface area contributed by atoms with Crippen LogP contribution < -0.4 is 10.6 Å². The fraction of sp³-hybridized carbons (Fsp3) is 0.474. The minimum Gasteiger partial charge on any atom is -0.390 e. The number of aromatic nitrogens is 1. The smallest absolute Gasteiger partial charge is 0.120 e. The van der Waals surface area contributed by atoms with Gasteiger partial charge in [0.2, 0.25) is 0 Å². The monoisotopic (exact) mass is 375 g/mol. The van der Waals surface area contributed by atoms with E-state index in [2.05, 4.69) is 27.4 Å². The van der Waals surface area contributed by atoms with Crippen LogP contribution in [0, 0.1) is 5.41 Å². The SMILES string of the molecule is CC(CCN/C=C(\C=N)c1cnc2c(c1)NC(Cl)C=C2)N1CCOCC1. The van der Waals surface area contributed by atoms with E-state index >= 15 is 0 Å². The highest BCUT2D eigenvalue weighted by Gasteiger charge is 2.16. The van der Waals surface area contributed by atoms with Gasteiger partial charge >= 0.3 is 0 Å². The maximum absolute atomic E-state index is 7.71. The molecule has 0 aromatic carbocycles. The van der Waals surface area contributed by atoms with Gasteiger partial charge < -0.3 is 20.8 Å². The topological polar surface area (TPSA) is 73.3 Å². The molecule has 7 heteroatoms. The second-order valence-corrected chi connectivity index (χ2v) is 7.02. The van der Waals surface area contributed by atoms with Crippen molar-refractivity contribution in [3.05, 3.63) is 35.8 Å². The lowest BCUT2D eigenvalue weighted by atomic mass is 10.1. The Kier molecular flexibility index (Phi) is 6.66. The number of allylic oxidation sites excluding steroid dienone is 1. The lowest BCUT2D eigenvalue weighted by molar-refractivity contribution is 0.0189. The van der Waals surface area contributed by atoms with E-state index in [0.717, 1.165) is 61.8 Å². The maximum Gasteiger partial charge on any atom is 0.120 e. The summed E-state index contributed by atoms with van der Waals surface area (Å²) in [7, 11) is 0. The van der Waals surface area contributed by atoms with E-state index < -0.39 is 0 Å². The highest BCUT2D eigenvalue weighted by Crippen LogP contribution is 2.25. The Hall–Kier alpha value is -1.89. The number of nitrogens with one attached hydrogen (secondary N) is 3. The molecule has 1 fully saturated rings. The third-order valence-electron chi connectivity index (χ3n) is 4.76. The van der Waals surface area contributed by atoms with Crippen molar-refractivity contribution < 1.29 is 4.74 Å². The summed E-state index contributed by atoms with van der Waals surface area (Å²) in [6.45, 7) is 6.78. The van der Waals surface area contributed by atoms with Crippen LogP contribution in [0.25, 0.3) is 11.6 Å². The molecular weight excluding hydrogens is 350 g/mol. The molecule has 1 saturated heterocycles. The molecule has 0 spiro atoms. The van der Waals surface area contributed by atoms with Crippen molar-refractivity contribution in [2.24, 2.45) is 0 Å². The predicted molar refractivity (Wildman–Crippen MR) is 108 cm³/mol. The van der Waals surface area contributed by atoms with Crippen LogP contribution in [0.2, 0.25) is 0 Å². The van der Waals surface area contributed by atoms with Gasteiger partial charge in [-0.2, -0.15) is 0 Å². The second kappa shape index (κ2) is 9.16. The van der Waals surface area contributed by atoms with Gasteiger partial charge in [-0.3, -0.25) is 9.88 Å². The first kappa shape index (κ1) is 18.9. The second-order valence-electron chi connectivity index (χ2n) is 6.55. The highest BCUT2D eigenvalue weighted by atomic mass is 35.5. The van der Waals surface area contributed by atoms with E-state index in [1.165, 1.54) is 6.21 Å². The molecule has 1 aromatic heterocycles. The van der Waals surface area contributed by atoms with E-state index in [9.17, 15) is 0 Å². The predicted octanol–water partition coefficient (Wildman–Crippen LogP) is 2.78. The average Bonchev–Trinajstić information content (AvgIpc) is 2.68. The van der Waals surface area contributed by atoms with E-state index in [-0.39, 0.29) is 5.50 Å². The van der Waals surface area contributed by atoms with Gasteiger partial charge in [-0.15, -0.1) is 0 Å². The lowest BCUT2D eigenvalue weighted by Gasteiger charge is -2.32. The Balaban J connectivity index is 1.56. The van der Waals surface area contributed by atoms with Crippen molar-refractivity contribution >= 4 is 35.2 Å². The molecule has 6 nitrogen and oxygen atoms in total. The Morgan fingerprint density at radius 2 is 2.35 bits per heavy atom. The van der Waals surface area contributed by atoms with Crippen molar-refractivity contribution in [3.8, 4) is 0 Å². The van der Waals surface area contributed by atoms with Gasteiger partial charge in [-0.05, 0) is 31.6 Å². The van der Waals surface area contributed by atoms with Gasteiger partial charge in [0.1, 0.15) is 5.50 Å². The molecule has 140 valence electrons. The minimum atomic E-state index is -0.230. The average molecular weight is 376 g/mol. The number of nitrogens with zero attached hydrogens (tertiary/aromatic N) is 2. The summed E-state index contributed by atoms with van der Waals surface area (Å²) >= 11 is 6.10. The summed E-state index contributed by atoms with van der Waals surface area (Å²) in [5.41, 5.74) is 3.20. The lowest BCUT2D eigenvalue weighted by Crippen LogP contribution is -2.42. The zero-order chi connectivity index (χ0) is 18.4. The molecule has 0 bridgehead atoms. The standard InChI is InChI=1S/C19H26ClN5O/c1-14(25-6-8-26-9-7-25)4-5-22-12-16(11-21)15-10-18-17(23-13-15)2-3-19(20)24-18/h2-3,10-14,19,21-22,24H,4-9H2,1H3/b16-12+,21-11?. The number of hydrogen-bond donors (Lipinski definition) is 3. The highest BCUT2D eigenvalue weighted by molar-refractivity contribution is 6.23. The van der Waals surface area contributed by atoms with Gasteiger partial charge in [0.25, 0.3) is 0 Å². The van der Waals surface area contributed by atoms with Gasteiger partial charge in [-0.25, -0.2) is 0 Å². The summed E-state index contributed by atoms with van der Waals surface area (Å²) in [6.07, 6.45) is 9.84. The summed E-state index contributed by atoms with van der Waals surface area (Å²) in [5, 5.41) is 14.2. The van der Waals surface area contributed by atoms with E-state index in [0.29, 0.717) is 6.04 Å². The molecular formula is C19H26ClN5O. The summed E-state index contributed by atoms with van der Waals surface area (Å²) in [5.74, 6) is 0. The number of fused-ring (bicyclic) bond motifs is 1. The molecule has 26 heavy (non-hydrogen) atoms. The van der Waals surface area contributed by atoms with Gasteiger partial charge in [0.05, 0.1) is 24.6 Å². The largest absolute Gasteiger partial charge is 0.390 e. The molecule has 0 amide bonds. The van der Waals surface area contributed by atoms with E-state index in [1.54, 1.807) is 6.20 Å². The zero-order valence-corrected chi connectivity index (χ0v) is 15.8. The first-order valence-electron chi connectivity index (χ1n) is 9.02. The molecule has 0 radical (unpaired) electrons. The van der Waals surface area contributed by atoms with Crippen molar-refractivity contribution in [1.82, 2.24) is 15.2 Å². The molecule has 3 heterocycles. The van der Waals surface area contributed by atoms with Crippen LogP contribution in [-0.4, -0.2) is 60.5 Å². The number of ether oxygens (including phenoxy) is 1. The fourth-order valence-corrected chi connectivity index (χ4v) is 3.33. The zero-order valence-electron chi connectivity index (χ0n) is 15.0. The van der Waals surface area contributed by atoms with E-state index in [4.69, 9.17) is 21.7 Å². The number of rotatable bonds is 7. The number of halogens is 1. The van der Waals surface area contributed by atoms with Crippen LogP contribution in [0.4, 0.5) is 5.69 Å². The summed E-state index contributed by atoms with van der Waals surface area (Å²) in [6, 6.07) is 2.50. The first-order chi connectivity index (χ1) is 12.7. The van der Waals surface area contributed by atoms with Crippen LogP contribution in [-0.2, 0) is 4.74 Å². The molecule has 0 saturated carbocycles. The third-order valence-corrected chi connectivity index (χ3v) is 5.01. The van der Waals surface area contributed by atoms with Crippen LogP contribution in [0.15, 0.2) is 24.5 Å². The van der Waals surface area contributed by atoms with Crippen molar-refractivity contribution in [2.75, 3.05) is 38.2 Å². The Bertz CT molecular complexity index is 685. The molecule has 3 N–H and O–H groups in total. The maximum atomic E-state index is 7.71. The van der Waals surface area contributed by atoms with Crippen LogP contribution in [0.3, 0.4) is 0 Å². The van der Waals surface area contributed by atoms with Crippen molar-refractivity contribution in [2.45, 2.75) is 24.9 Å². The molecule has 2 unspecified atom stereocenters. The summed E-state index contributed by atoms with van der Waals surface area (Å²) in [4.78, 5) is 6.90. The quantitative estimate of drug-likeness (QED) is 0.296.